The van der Waals surface area contributed by atoms with Gasteiger partial charge >= 0.3 is 6.18 Å². The summed E-state index contributed by atoms with van der Waals surface area (Å²) in [6.07, 6.45) is -4.90. The van der Waals surface area contributed by atoms with E-state index in [0.29, 0.717) is 0 Å². The van der Waals surface area contributed by atoms with E-state index in [1.165, 1.54) is 7.05 Å². The Hall–Kier alpha value is -0.980. The number of aliphatic hydroxyl groups is 1. The Labute approximate surface area is 79.0 Å². The van der Waals surface area contributed by atoms with Crippen molar-refractivity contribution in [2.24, 2.45) is 4.99 Å². The molecule has 7 heteroatoms. The highest BCUT2D eigenvalue weighted by molar-refractivity contribution is 5.75. The lowest BCUT2D eigenvalue weighted by Gasteiger charge is -2.17. The van der Waals surface area contributed by atoms with E-state index in [1.807, 2.05) is 0 Å². The zero-order valence-corrected chi connectivity index (χ0v) is 7.58. The normalized spacial score (nSPS) is 25.6. The summed E-state index contributed by atoms with van der Waals surface area (Å²) < 4.78 is 41.0. The third-order valence-electron chi connectivity index (χ3n) is 1.73. The van der Waals surface area contributed by atoms with Crippen molar-refractivity contribution < 1.29 is 23.0 Å². The molecule has 0 spiro atoms. The Morgan fingerprint density at radius 2 is 2.29 bits per heavy atom. The fourth-order valence-electron chi connectivity index (χ4n) is 1.22. The van der Waals surface area contributed by atoms with Crippen LogP contribution in [0.4, 0.5) is 13.2 Å². The number of hydrogen-bond donors (Lipinski definition) is 1. The standard InChI is InChI=1S/C7H11F3N2O2/c1-11-6-12(4-7(8,9)10)2-5(3-13)14-6/h5,13H,2-4H2,1H3/b11-6-. The van der Waals surface area contributed by atoms with Crippen LogP contribution < -0.4 is 0 Å². The van der Waals surface area contributed by atoms with E-state index in [4.69, 9.17) is 9.84 Å². The number of rotatable bonds is 2. The van der Waals surface area contributed by atoms with Gasteiger partial charge in [-0.2, -0.15) is 13.2 Å². The average Bonchev–Trinajstić information content (AvgIpc) is 2.44. The predicted molar refractivity (Wildman–Crippen MR) is 42.9 cm³/mol. The van der Waals surface area contributed by atoms with Gasteiger partial charge in [-0.1, -0.05) is 0 Å². The van der Waals surface area contributed by atoms with Crippen molar-refractivity contribution in [2.75, 3.05) is 26.7 Å². The highest BCUT2D eigenvalue weighted by atomic mass is 19.4. The molecule has 0 aromatic carbocycles. The fourth-order valence-corrected chi connectivity index (χ4v) is 1.22. The van der Waals surface area contributed by atoms with Crippen molar-refractivity contribution in [1.82, 2.24) is 4.90 Å². The van der Waals surface area contributed by atoms with Gasteiger partial charge in [-0.3, -0.25) is 0 Å². The van der Waals surface area contributed by atoms with E-state index in [0.717, 1.165) is 4.90 Å². The third kappa shape index (κ3) is 2.76. The lowest BCUT2D eigenvalue weighted by atomic mass is 10.4. The van der Waals surface area contributed by atoms with Gasteiger partial charge in [0.2, 0.25) is 0 Å². The first kappa shape index (κ1) is 11.1. The Morgan fingerprint density at radius 1 is 1.64 bits per heavy atom. The molecule has 1 aliphatic heterocycles. The molecule has 0 aromatic heterocycles. The van der Waals surface area contributed by atoms with Crippen LogP contribution in [-0.4, -0.2) is 55.1 Å². The number of halogens is 3. The second-order valence-electron chi connectivity index (χ2n) is 2.92. The number of alkyl halides is 3. The first-order valence-corrected chi connectivity index (χ1v) is 4.02. The first-order valence-electron chi connectivity index (χ1n) is 4.02. The van der Waals surface area contributed by atoms with Crippen molar-refractivity contribution in [2.45, 2.75) is 12.3 Å². The summed E-state index contributed by atoms with van der Waals surface area (Å²) in [6, 6.07) is -0.0682. The number of amidine groups is 1. The molecule has 1 aliphatic rings. The molecule has 1 unspecified atom stereocenters. The van der Waals surface area contributed by atoms with Crippen LogP contribution in [0.1, 0.15) is 0 Å². The number of ether oxygens (including phenoxy) is 1. The third-order valence-corrected chi connectivity index (χ3v) is 1.73. The quantitative estimate of drug-likeness (QED) is 0.712. The minimum Gasteiger partial charge on any atom is -0.457 e. The smallest absolute Gasteiger partial charge is 0.406 e. The zero-order valence-electron chi connectivity index (χ0n) is 7.58. The van der Waals surface area contributed by atoms with Gasteiger partial charge in [0.25, 0.3) is 6.02 Å². The topological polar surface area (TPSA) is 45.1 Å². The van der Waals surface area contributed by atoms with Gasteiger partial charge in [-0.05, 0) is 0 Å². The Bertz CT molecular complexity index is 229. The molecule has 1 rings (SSSR count). The molecule has 0 saturated carbocycles. The summed E-state index contributed by atoms with van der Waals surface area (Å²) in [4.78, 5) is 4.52. The van der Waals surface area contributed by atoms with E-state index in [2.05, 4.69) is 4.99 Å². The van der Waals surface area contributed by atoms with Crippen LogP contribution in [0.15, 0.2) is 4.99 Å². The molecule has 1 saturated heterocycles. The minimum absolute atomic E-state index is 0.0166. The maximum atomic E-state index is 12.0. The molecule has 4 nitrogen and oxygen atoms in total. The molecule has 14 heavy (non-hydrogen) atoms. The molecule has 82 valence electrons. The van der Waals surface area contributed by atoms with Crippen molar-refractivity contribution >= 4 is 6.02 Å². The summed E-state index contributed by atoms with van der Waals surface area (Å²) in [6.45, 7) is -1.40. The molecular formula is C7H11F3N2O2. The van der Waals surface area contributed by atoms with Crippen molar-refractivity contribution in [3.05, 3.63) is 0 Å². The van der Waals surface area contributed by atoms with Crippen LogP contribution >= 0.6 is 0 Å². The van der Waals surface area contributed by atoms with Crippen LogP contribution in [-0.2, 0) is 4.74 Å². The van der Waals surface area contributed by atoms with E-state index in [1.54, 1.807) is 0 Å². The molecule has 0 bridgehead atoms. The molecule has 0 radical (unpaired) electrons. The summed E-state index contributed by atoms with van der Waals surface area (Å²) in [7, 11) is 1.35. The van der Waals surface area contributed by atoms with Crippen LogP contribution in [0.3, 0.4) is 0 Å². The first-order chi connectivity index (χ1) is 6.46. The van der Waals surface area contributed by atoms with Gasteiger partial charge in [0.15, 0.2) is 0 Å². The lowest BCUT2D eigenvalue weighted by Crippen LogP contribution is -2.36. The number of aliphatic hydroxyl groups excluding tert-OH is 1. The van der Waals surface area contributed by atoms with Crippen molar-refractivity contribution in [3.63, 3.8) is 0 Å². The van der Waals surface area contributed by atoms with Gasteiger partial charge in [0.05, 0.1) is 13.2 Å². The molecule has 1 atom stereocenters. The Morgan fingerprint density at radius 3 is 2.71 bits per heavy atom. The SMILES string of the molecule is C/N=C1\OC(CO)CN1CC(F)(F)F. The lowest BCUT2D eigenvalue weighted by molar-refractivity contribution is -0.137. The second kappa shape index (κ2) is 4.04. The van der Waals surface area contributed by atoms with E-state index in [9.17, 15) is 13.2 Å². The van der Waals surface area contributed by atoms with Crippen molar-refractivity contribution in [3.8, 4) is 0 Å². The molecule has 1 fully saturated rings. The van der Waals surface area contributed by atoms with E-state index < -0.39 is 18.8 Å². The van der Waals surface area contributed by atoms with Gasteiger partial charge in [-0.15, -0.1) is 0 Å². The largest absolute Gasteiger partial charge is 0.457 e. The van der Waals surface area contributed by atoms with E-state index in [-0.39, 0.29) is 19.2 Å². The van der Waals surface area contributed by atoms with Gasteiger partial charge in [0, 0.05) is 7.05 Å². The van der Waals surface area contributed by atoms with Gasteiger partial charge in [-0.25, -0.2) is 4.99 Å². The van der Waals surface area contributed by atoms with Gasteiger partial charge in [0.1, 0.15) is 12.6 Å². The zero-order chi connectivity index (χ0) is 10.8. The number of aliphatic imine (C=N–C) groups is 1. The number of hydrogen-bond acceptors (Lipinski definition) is 3. The van der Waals surface area contributed by atoms with Crippen molar-refractivity contribution in [1.29, 1.82) is 0 Å². The summed E-state index contributed by atoms with van der Waals surface area (Å²) in [5, 5.41) is 8.71. The molecule has 1 heterocycles. The maximum Gasteiger partial charge on any atom is 0.406 e. The fraction of sp³-hybridized carbons (Fsp3) is 0.857. The molecular weight excluding hydrogens is 201 g/mol. The van der Waals surface area contributed by atoms with E-state index >= 15 is 0 Å². The highest BCUT2D eigenvalue weighted by Gasteiger charge is 2.37. The monoisotopic (exact) mass is 212 g/mol. The Balaban J connectivity index is 2.60. The highest BCUT2D eigenvalue weighted by Crippen LogP contribution is 2.20. The van der Waals surface area contributed by atoms with Crippen LogP contribution in [0.25, 0.3) is 0 Å². The van der Waals surface area contributed by atoms with Gasteiger partial charge < -0.3 is 14.7 Å². The maximum absolute atomic E-state index is 12.0. The predicted octanol–water partition coefficient (Wildman–Crippen LogP) is 0.228. The molecule has 0 amide bonds. The average molecular weight is 212 g/mol. The summed E-state index contributed by atoms with van der Waals surface area (Å²) in [5.41, 5.74) is 0. The molecule has 1 N–H and O–H groups in total. The second-order valence-corrected chi connectivity index (χ2v) is 2.92. The molecule has 0 aromatic rings. The molecule has 0 aliphatic carbocycles. The number of nitrogens with zero attached hydrogens (tertiary/aromatic N) is 2. The Kier molecular flexibility index (Phi) is 3.20. The minimum atomic E-state index is -4.29. The summed E-state index contributed by atoms with van der Waals surface area (Å²) in [5.74, 6) is 0. The van der Waals surface area contributed by atoms with Crippen LogP contribution in [0.5, 0.6) is 0 Å². The van der Waals surface area contributed by atoms with Crippen LogP contribution in [0, 0.1) is 0 Å². The van der Waals surface area contributed by atoms with Crippen LogP contribution in [0.2, 0.25) is 0 Å². The summed E-state index contributed by atoms with van der Waals surface area (Å²) >= 11 is 0.